The van der Waals surface area contributed by atoms with E-state index in [9.17, 15) is 9.59 Å². The van der Waals surface area contributed by atoms with Crippen molar-refractivity contribution in [3.63, 3.8) is 0 Å². The molecule has 1 aliphatic heterocycles. The van der Waals surface area contributed by atoms with Gasteiger partial charge in [0.15, 0.2) is 0 Å². The first-order chi connectivity index (χ1) is 14.2. The second-order valence-corrected chi connectivity index (χ2v) is 7.70. The van der Waals surface area contributed by atoms with Crippen molar-refractivity contribution in [2.75, 3.05) is 22.5 Å². The number of aromatic nitrogens is 2. The standard InChI is InChI=1S/C21H20N4O3S/c26-18(14-29-13-15-7-3-1-4-8-15)22-21-24-23-20(28-21)16-11-19(27)25(12-16)17-9-5-2-6-10-17/h1-10,16H,11-14H2,(H,22,24,26)/t16-/m0/s1. The Morgan fingerprint density at radius 2 is 1.83 bits per heavy atom. The van der Waals surface area contributed by atoms with E-state index in [1.54, 1.807) is 4.90 Å². The smallest absolute Gasteiger partial charge is 0.322 e. The van der Waals surface area contributed by atoms with E-state index in [-0.39, 0.29) is 29.5 Å². The van der Waals surface area contributed by atoms with Crippen molar-refractivity contribution in [1.29, 1.82) is 0 Å². The van der Waals surface area contributed by atoms with Crippen molar-refractivity contribution in [2.24, 2.45) is 0 Å². The fourth-order valence-corrected chi connectivity index (χ4v) is 3.96. The zero-order chi connectivity index (χ0) is 20.1. The van der Waals surface area contributed by atoms with Gasteiger partial charge >= 0.3 is 6.01 Å². The molecular formula is C21H20N4O3S. The van der Waals surface area contributed by atoms with Crippen molar-refractivity contribution in [2.45, 2.75) is 18.1 Å². The Balaban J connectivity index is 1.29. The molecule has 0 aliphatic carbocycles. The normalized spacial score (nSPS) is 16.2. The SMILES string of the molecule is O=C(CSCc1ccccc1)Nc1nnc([C@H]2CC(=O)N(c3ccccc3)C2)o1. The molecule has 29 heavy (non-hydrogen) atoms. The van der Waals surface area contributed by atoms with Crippen LogP contribution in [0.3, 0.4) is 0 Å². The van der Waals surface area contributed by atoms with Gasteiger partial charge in [-0.3, -0.25) is 14.9 Å². The molecule has 2 amide bonds. The third-order valence-electron chi connectivity index (χ3n) is 4.57. The number of thioether (sulfide) groups is 1. The number of amides is 2. The van der Waals surface area contributed by atoms with Crippen molar-refractivity contribution >= 4 is 35.3 Å². The molecule has 4 rings (SSSR count). The molecule has 1 N–H and O–H groups in total. The molecule has 7 nitrogen and oxygen atoms in total. The lowest BCUT2D eigenvalue weighted by atomic mass is 10.1. The predicted octanol–water partition coefficient (Wildman–Crippen LogP) is 3.46. The molecule has 2 heterocycles. The molecule has 0 radical (unpaired) electrons. The topological polar surface area (TPSA) is 88.3 Å². The van der Waals surface area contributed by atoms with Gasteiger partial charge in [-0.2, -0.15) is 0 Å². The summed E-state index contributed by atoms with van der Waals surface area (Å²) in [5.41, 5.74) is 2.02. The summed E-state index contributed by atoms with van der Waals surface area (Å²) < 4.78 is 5.59. The zero-order valence-electron chi connectivity index (χ0n) is 15.7. The lowest BCUT2D eigenvalue weighted by Gasteiger charge is -2.15. The van der Waals surface area contributed by atoms with Gasteiger partial charge in [-0.25, -0.2) is 0 Å². The van der Waals surface area contributed by atoms with E-state index in [0.717, 1.165) is 11.4 Å². The minimum atomic E-state index is -0.199. The van der Waals surface area contributed by atoms with E-state index < -0.39 is 0 Å². The van der Waals surface area contributed by atoms with Crippen LogP contribution >= 0.6 is 11.8 Å². The van der Waals surface area contributed by atoms with Gasteiger partial charge < -0.3 is 9.32 Å². The van der Waals surface area contributed by atoms with E-state index >= 15 is 0 Å². The Kier molecular flexibility index (Phi) is 5.90. The molecule has 0 spiro atoms. The van der Waals surface area contributed by atoms with Crippen molar-refractivity contribution in [3.8, 4) is 0 Å². The van der Waals surface area contributed by atoms with Crippen LogP contribution in [0.4, 0.5) is 11.7 Å². The monoisotopic (exact) mass is 408 g/mol. The van der Waals surface area contributed by atoms with Gasteiger partial charge in [0.1, 0.15) is 0 Å². The number of nitrogens with one attached hydrogen (secondary N) is 1. The Hall–Kier alpha value is -3.13. The second kappa shape index (κ2) is 8.91. The van der Waals surface area contributed by atoms with Crippen molar-refractivity contribution < 1.29 is 14.0 Å². The van der Waals surface area contributed by atoms with Crippen molar-refractivity contribution in [3.05, 3.63) is 72.1 Å². The minimum absolute atomic E-state index is 0.0160. The molecular weight excluding hydrogens is 388 g/mol. The van der Waals surface area contributed by atoms with Crippen LogP contribution in [0.2, 0.25) is 0 Å². The highest BCUT2D eigenvalue weighted by Crippen LogP contribution is 2.31. The number of benzene rings is 2. The quantitative estimate of drug-likeness (QED) is 0.644. The zero-order valence-corrected chi connectivity index (χ0v) is 16.5. The van der Waals surface area contributed by atoms with Gasteiger partial charge in [0.2, 0.25) is 17.7 Å². The second-order valence-electron chi connectivity index (χ2n) is 6.71. The Bertz CT molecular complexity index is 978. The first-order valence-electron chi connectivity index (χ1n) is 9.29. The maximum absolute atomic E-state index is 12.3. The molecule has 3 aromatic rings. The first kappa shape index (κ1) is 19.2. The Morgan fingerprint density at radius 1 is 1.10 bits per heavy atom. The molecule has 1 atom stereocenters. The third kappa shape index (κ3) is 4.83. The number of carbonyl (C=O) groups excluding carboxylic acids is 2. The van der Waals surface area contributed by atoms with Gasteiger partial charge in [0, 0.05) is 24.4 Å². The number of hydrogen-bond acceptors (Lipinski definition) is 6. The first-order valence-corrected chi connectivity index (χ1v) is 10.4. The van der Waals surface area contributed by atoms with E-state index in [1.165, 1.54) is 17.3 Å². The maximum Gasteiger partial charge on any atom is 0.322 e. The summed E-state index contributed by atoms with van der Waals surface area (Å²) in [4.78, 5) is 26.2. The highest BCUT2D eigenvalue weighted by atomic mass is 32.2. The fourth-order valence-electron chi connectivity index (χ4n) is 3.17. The molecule has 1 saturated heterocycles. The number of para-hydroxylation sites is 1. The lowest BCUT2D eigenvalue weighted by Crippen LogP contribution is -2.24. The maximum atomic E-state index is 12.3. The summed E-state index contributed by atoms with van der Waals surface area (Å²) >= 11 is 1.51. The van der Waals surface area contributed by atoms with E-state index in [4.69, 9.17) is 4.42 Å². The van der Waals surface area contributed by atoms with Crippen molar-refractivity contribution in [1.82, 2.24) is 10.2 Å². The number of carbonyl (C=O) groups is 2. The molecule has 0 saturated carbocycles. The van der Waals surface area contributed by atoms with Crippen LogP contribution in [-0.2, 0) is 15.3 Å². The number of anilines is 2. The summed E-state index contributed by atoms with van der Waals surface area (Å²) in [6, 6.07) is 19.5. The summed E-state index contributed by atoms with van der Waals surface area (Å²) in [6.45, 7) is 0.478. The summed E-state index contributed by atoms with van der Waals surface area (Å²) in [7, 11) is 0. The van der Waals surface area contributed by atoms with E-state index in [0.29, 0.717) is 18.9 Å². The molecule has 1 aromatic heterocycles. The van der Waals surface area contributed by atoms with Crippen LogP contribution in [0.25, 0.3) is 0 Å². The highest BCUT2D eigenvalue weighted by molar-refractivity contribution is 7.99. The minimum Gasteiger partial charge on any atom is -0.407 e. The van der Waals surface area contributed by atoms with Gasteiger partial charge in [-0.1, -0.05) is 53.6 Å². The molecule has 0 bridgehead atoms. The Labute approximate surface area is 172 Å². The van der Waals surface area contributed by atoms with E-state index in [2.05, 4.69) is 15.5 Å². The molecule has 8 heteroatoms. The lowest BCUT2D eigenvalue weighted by molar-refractivity contribution is -0.117. The van der Waals surface area contributed by atoms with Crippen LogP contribution in [-0.4, -0.2) is 34.3 Å². The number of hydrogen-bond donors (Lipinski definition) is 1. The molecule has 0 unspecified atom stereocenters. The van der Waals surface area contributed by atoms with Gasteiger partial charge in [-0.05, 0) is 17.7 Å². The average molecular weight is 408 g/mol. The van der Waals surface area contributed by atoms with Crippen LogP contribution in [0, 0.1) is 0 Å². The van der Waals surface area contributed by atoms with Crippen LogP contribution in [0.1, 0.15) is 23.8 Å². The predicted molar refractivity (Wildman–Crippen MR) is 112 cm³/mol. The average Bonchev–Trinajstić information content (AvgIpc) is 3.36. The van der Waals surface area contributed by atoms with Crippen LogP contribution in [0.15, 0.2) is 65.1 Å². The van der Waals surface area contributed by atoms with Crippen LogP contribution < -0.4 is 10.2 Å². The third-order valence-corrected chi connectivity index (χ3v) is 5.58. The Morgan fingerprint density at radius 3 is 2.59 bits per heavy atom. The molecule has 148 valence electrons. The summed E-state index contributed by atoms with van der Waals surface area (Å²) in [5.74, 6) is 1.04. The molecule has 1 fully saturated rings. The summed E-state index contributed by atoms with van der Waals surface area (Å²) in [6.07, 6.45) is 0.303. The molecule has 2 aromatic carbocycles. The number of rotatable bonds is 7. The van der Waals surface area contributed by atoms with Gasteiger partial charge in [-0.15, -0.1) is 16.9 Å². The fraction of sp³-hybridized carbons (Fsp3) is 0.238. The highest BCUT2D eigenvalue weighted by Gasteiger charge is 2.35. The molecule has 1 aliphatic rings. The van der Waals surface area contributed by atoms with Gasteiger partial charge in [0.25, 0.3) is 0 Å². The van der Waals surface area contributed by atoms with Gasteiger partial charge in [0.05, 0.1) is 11.7 Å². The summed E-state index contributed by atoms with van der Waals surface area (Å²) in [5, 5.41) is 10.6. The van der Waals surface area contributed by atoms with E-state index in [1.807, 2.05) is 60.7 Å². The number of nitrogens with zero attached hydrogens (tertiary/aromatic N) is 3. The van der Waals surface area contributed by atoms with Crippen LogP contribution in [0.5, 0.6) is 0 Å². The largest absolute Gasteiger partial charge is 0.407 e.